The Hall–Kier alpha value is 0.987. The molecule has 0 aromatic carbocycles. The molecule has 0 aliphatic rings. The molecule has 0 aromatic rings. The summed E-state index contributed by atoms with van der Waals surface area (Å²) in [7, 11) is -3.04. The largest absolute Gasteiger partial charge is 0.750 e. The molecular formula is C10H22NaO4SSi. The first-order valence-electron chi connectivity index (χ1n) is 5.77. The predicted octanol–water partition coefficient (Wildman–Crippen LogP) is 2.29. The summed E-state index contributed by atoms with van der Waals surface area (Å²) >= 11 is 5.12. The average molecular weight is 289 g/mol. The van der Waals surface area contributed by atoms with Crippen molar-refractivity contribution in [2.45, 2.75) is 40.5 Å². The third kappa shape index (κ3) is 8.66. The minimum absolute atomic E-state index is 0. The Morgan fingerprint density at radius 3 is 1.65 bits per heavy atom. The molecule has 0 aliphatic heterocycles. The van der Waals surface area contributed by atoms with Gasteiger partial charge >= 0.3 is 9.05 Å². The monoisotopic (exact) mass is 289 g/mol. The Morgan fingerprint density at radius 1 is 0.941 bits per heavy atom. The van der Waals surface area contributed by atoms with Crippen LogP contribution in [0.3, 0.4) is 0 Å². The van der Waals surface area contributed by atoms with Crippen molar-refractivity contribution >= 4 is 55.9 Å². The average Bonchev–Trinajstić information content (AvgIpc) is 2.18. The van der Waals surface area contributed by atoms with Crippen LogP contribution < -0.4 is 0 Å². The molecule has 0 aromatic heterocycles. The molecule has 0 atom stereocenters. The molecule has 0 N–H and O–H groups in total. The Morgan fingerprint density at radius 2 is 1.35 bits per heavy atom. The molecule has 4 nitrogen and oxygen atoms in total. The molecule has 0 spiro atoms. The van der Waals surface area contributed by atoms with Crippen LogP contribution >= 0.6 is 12.2 Å². The first-order valence-corrected chi connectivity index (χ1v) is 7.81. The van der Waals surface area contributed by atoms with E-state index in [1.807, 2.05) is 27.7 Å². The van der Waals surface area contributed by atoms with Gasteiger partial charge in [0, 0.05) is 55.8 Å². The molecule has 0 aliphatic carbocycles. The maximum atomic E-state index is 5.60. The first-order chi connectivity index (χ1) is 7.64. The minimum atomic E-state index is -3.04. The molecule has 97 valence electrons. The van der Waals surface area contributed by atoms with Gasteiger partial charge in [-0.05, 0) is 39.4 Å². The fraction of sp³-hybridized carbons (Fsp3) is 0.900. The van der Waals surface area contributed by atoms with E-state index in [0.29, 0.717) is 24.9 Å². The van der Waals surface area contributed by atoms with Gasteiger partial charge in [-0.1, -0.05) is 6.92 Å². The third-order valence-corrected chi connectivity index (χ3v) is 4.51. The molecule has 7 heteroatoms. The van der Waals surface area contributed by atoms with Crippen LogP contribution in [-0.2, 0) is 17.7 Å². The van der Waals surface area contributed by atoms with E-state index < -0.39 is 9.05 Å². The van der Waals surface area contributed by atoms with Crippen LogP contribution in [0, 0.1) is 0 Å². The van der Waals surface area contributed by atoms with Crippen molar-refractivity contribution < 1.29 is 17.7 Å². The third-order valence-electron chi connectivity index (χ3n) is 1.66. The van der Waals surface area contributed by atoms with Crippen LogP contribution in [-0.4, -0.2) is 63.5 Å². The van der Waals surface area contributed by atoms with Crippen LogP contribution in [0.5, 0.6) is 0 Å². The topological polar surface area (TPSA) is 36.9 Å². The Balaban J connectivity index is 0. The van der Waals surface area contributed by atoms with Crippen molar-refractivity contribution in [1.82, 2.24) is 0 Å². The van der Waals surface area contributed by atoms with Gasteiger partial charge < -0.3 is 17.7 Å². The van der Waals surface area contributed by atoms with E-state index >= 15 is 0 Å². The Bertz CT molecular complexity index is 190. The fourth-order valence-electron chi connectivity index (χ4n) is 1.14. The van der Waals surface area contributed by atoms with Crippen LogP contribution in [0.2, 0.25) is 0 Å². The number of rotatable bonds is 9. The summed E-state index contributed by atoms with van der Waals surface area (Å²) < 4.78 is 22.1. The van der Waals surface area contributed by atoms with Crippen LogP contribution in [0.15, 0.2) is 0 Å². The van der Waals surface area contributed by atoms with E-state index in [1.165, 1.54) is 0 Å². The zero-order valence-electron chi connectivity index (χ0n) is 11.6. The van der Waals surface area contributed by atoms with Crippen molar-refractivity contribution in [3.63, 3.8) is 0 Å². The second-order valence-corrected chi connectivity index (χ2v) is 5.55. The summed E-state index contributed by atoms with van der Waals surface area (Å²) in [5.74, 6) is 0. The van der Waals surface area contributed by atoms with E-state index in [1.54, 1.807) is 0 Å². The normalized spacial score (nSPS) is 10.8. The summed E-state index contributed by atoms with van der Waals surface area (Å²) in [4.78, 5) is 0. The van der Waals surface area contributed by atoms with Gasteiger partial charge in [0.1, 0.15) is 0 Å². The van der Waals surface area contributed by atoms with Crippen molar-refractivity contribution in [3.05, 3.63) is 0 Å². The SMILES string of the molecule is CCCC(=S)O[Si](OCC)(OCC)OCC.[Na]. The molecule has 1 radical (unpaired) electrons. The Labute approximate surface area is 133 Å². The van der Waals surface area contributed by atoms with Crippen molar-refractivity contribution in [1.29, 1.82) is 0 Å². The van der Waals surface area contributed by atoms with E-state index in [2.05, 4.69) is 0 Å². The van der Waals surface area contributed by atoms with Gasteiger partial charge in [-0.15, -0.1) is 0 Å². The minimum Gasteiger partial charge on any atom is -0.474 e. The summed E-state index contributed by atoms with van der Waals surface area (Å²) in [6.07, 6.45) is 1.66. The number of thiocarbonyl (C=S) groups is 1. The predicted molar refractivity (Wildman–Crippen MR) is 75.0 cm³/mol. The van der Waals surface area contributed by atoms with Gasteiger partial charge in [-0.3, -0.25) is 0 Å². The van der Waals surface area contributed by atoms with Gasteiger partial charge in [0.15, 0.2) is 5.05 Å². The van der Waals surface area contributed by atoms with Crippen molar-refractivity contribution in [3.8, 4) is 0 Å². The molecule has 0 fully saturated rings. The zero-order valence-corrected chi connectivity index (χ0v) is 15.4. The second-order valence-electron chi connectivity index (χ2n) is 3.02. The van der Waals surface area contributed by atoms with E-state index in [4.69, 9.17) is 29.9 Å². The van der Waals surface area contributed by atoms with Crippen LogP contribution in [0.4, 0.5) is 0 Å². The quantitative estimate of drug-likeness (QED) is 0.481. The smallest absolute Gasteiger partial charge is 0.474 e. The number of hydrogen-bond donors (Lipinski definition) is 0. The molecule has 0 saturated carbocycles. The van der Waals surface area contributed by atoms with Crippen LogP contribution in [0.1, 0.15) is 40.5 Å². The number of hydrogen-bond acceptors (Lipinski definition) is 5. The first kappa shape index (κ1) is 20.3. The maximum Gasteiger partial charge on any atom is 0.750 e. The molecule has 0 rings (SSSR count). The van der Waals surface area contributed by atoms with E-state index in [9.17, 15) is 0 Å². The van der Waals surface area contributed by atoms with E-state index in [0.717, 1.165) is 12.8 Å². The van der Waals surface area contributed by atoms with Gasteiger partial charge in [-0.25, -0.2) is 0 Å². The summed E-state index contributed by atoms with van der Waals surface area (Å²) in [5.41, 5.74) is 0. The maximum absolute atomic E-state index is 5.60. The van der Waals surface area contributed by atoms with Gasteiger partial charge in [0.05, 0.1) is 0 Å². The zero-order chi connectivity index (χ0) is 12.4. The molecular weight excluding hydrogens is 267 g/mol. The molecule has 0 saturated heterocycles. The molecule has 17 heavy (non-hydrogen) atoms. The summed E-state index contributed by atoms with van der Waals surface area (Å²) in [6, 6.07) is 0. The van der Waals surface area contributed by atoms with Crippen molar-refractivity contribution in [2.75, 3.05) is 19.8 Å². The summed E-state index contributed by atoms with van der Waals surface area (Å²) in [6.45, 7) is 9.15. The molecule has 0 unspecified atom stereocenters. The fourth-order valence-corrected chi connectivity index (χ4v) is 3.52. The van der Waals surface area contributed by atoms with Crippen LogP contribution in [0.25, 0.3) is 0 Å². The second kappa shape index (κ2) is 12.0. The van der Waals surface area contributed by atoms with Gasteiger partial charge in [-0.2, -0.15) is 0 Å². The van der Waals surface area contributed by atoms with Crippen molar-refractivity contribution in [2.24, 2.45) is 0 Å². The molecule has 0 heterocycles. The standard InChI is InChI=1S/C10H22O4SSi.Na/c1-5-9-10(15)14-16(11-6-2,12-7-3)13-8-4;/h5-9H2,1-4H3;. The van der Waals surface area contributed by atoms with E-state index in [-0.39, 0.29) is 29.6 Å². The Kier molecular flexibility index (Phi) is 14.4. The van der Waals surface area contributed by atoms with Gasteiger partial charge in [0.25, 0.3) is 0 Å². The van der Waals surface area contributed by atoms with Gasteiger partial charge in [0.2, 0.25) is 0 Å². The molecule has 0 bridgehead atoms. The molecule has 0 amide bonds. The summed E-state index contributed by atoms with van der Waals surface area (Å²) in [5, 5.41) is 0.504.